The van der Waals surface area contributed by atoms with Crippen LogP contribution >= 0.6 is 0 Å². The van der Waals surface area contributed by atoms with Crippen LogP contribution in [0.2, 0.25) is 0 Å². The number of aromatic amines is 1. The minimum Gasteiger partial charge on any atom is -0.507 e. The fourth-order valence-electron chi connectivity index (χ4n) is 11.8. The summed E-state index contributed by atoms with van der Waals surface area (Å²) in [6, 6.07) is 16.2. The number of phenols is 1. The van der Waals surface area contributed by atoms with Crippen molar-refractivity contribution in [2.24, 2.45) is 11.3 Å². The van der Waals surface area contributed by atoms with Crippen molar-refractivity contribution in [3.8, 4) is 29.4 Å². The maximum absolute atomic E-state index is 14.2. The van der Waals surface area contributed by atoms with Gasteiger partial charge >= 0.3 is 6.03 Å². The van der Waals surface area contributed by atoms with Gasteiger partial charge in [-0.1, -0.05) is 51.0 Å². The summed E-state index contributed by atoms with van der Waals surface area (Å²) >= 11 is 0. The molecule has 2 aromatic heterocycles. The Bertz CT molecular complexity index is 2470. The Hall–Kier alpha value is -5.53. The number of amides is 4. The first kappa shape index (κ1) is 47.5. The number of carbonyl (C=O) groups excluding carboxylic acids is 3. The summed E-state index contributed by atoms with van der Waals surface area (Å²) in [5.74, 6) is 2.73. The largest absolute Gasteiger partial charge is 0.507 e. The standard InChI is InChI=1S/C53H70N10O5/c1-6-35-11-13-36(14-12-35)31-54-50(66)45-29-40(64)33-63(45)51(67)48(53(3,4)5)56-52(68)61-27-25-59(26-28-61)32-37-19-22-60(23-20-37)38-15-17-39(18-16-38)62-24-21-43-47(34(62)2)42-30-44(57-58-49(42)55-43)41-9-7-8-10-46(41)65/h1,7-14,30,34,37-40,45,48,64-65H,15-29,31-33H2,2-5H3,(H,54,66)(H,55,58)(H,56,68)/t34-,38?,39?,40-,45+,48-/m1/s1. The molecule has 4 atom stereocenters. The molecule has 1 aliphatic carbocycles. The number of hydrogen-bond acceptors (Lipinski definition) is 10. The van der Waals surface area contributed by atoms with E-state index in [0.717, 1.165) is 67.8 Å². The number of phenolic OH excluding ortho intramolecular Hbond substituents is 1. The van der Waals surface area contributed by atoms with Gasteiger partial charge in [0, 0.05) is 106 Å². The number of terminal acetylenes is 1. The van der Waals surface area contributed by atoms with Crippen LogP contribution in [-0.4, -0.2) is 157 Å². The highest BCUT2D eigenvalue weighted by atomic mass is 16.3. The van der Waals surface area contributed by atoms with Gasteiger partial charge in [0.15, 0.2) is 5.65 Å². The summed E-state index contributed by atoms with van der Waals surface area (Å²) in [6.07, 6.45) is 13.0. The number of aromatic hydroxyl groups is 1. The Morgan fingerprint density at radius 2 is 1.62 bits per heavy atom. The zero-order chi connectivity index (χ0) is 47.7. The summed E-state index contributed by atoms with van der Waals surface area (Å²) in [5, 5.41) is 37.2. The van der Waals surface area contributed by atoms with E-state index in [4.69, 9.17) is 6.42 Å². The van der Waals surface area contributed by atoms with E-state index >= 15 is 0 Å². The molecule has 68 heavy (non-hydrogen) atoms. The molecule has 4 fully saturated rings. The van der Waals surface area contributed by atoms with Crippen LogP contribution in [0.15, 0.2) is 54.6 Å². The number of aliphatic hydroxyl groups excluding tert-OH is 1. The number of fused-ring (bicyclic) bond motifs is 3. The molecular formula is C53H70N10O5. The highest BCUT2D eigenvalue weighted by Crippen LogP contribution is 2.41. The van der Waals surface area contributed by atoms with Gasteiger partial charge in [0.2, 0.25) is 11.8 Å². The topological polar surface area (TPSA) is 173 Å². The van der Waals surface area contributed by atoms with Crippen molar-refractivity contribution < 1.29 is 24.6 Å². The number of aliphatic hydroxyl groups is 1. The van der Waals surface area contributed by atoms with Gasteiger partial charge in [0.1, 0.15) is 17.8 Å². The zero-order valence-electron chi connectivity index (χ0n) is 40.3. The van der Waals surface area contributed by atoms with Gasteiger partial charge in [0.25, 0.3) is 0 Å². The van der Waals surface area contributed by atoms with Gasteiger partial charge < -0.3 is 40.5 Å². The minimum atomic E-state index is -0.880. The molecule has 3 saturated heterocycles. The van der Waals surface area contributed by atoms with Crippen LogP contribution in [0, 0.1) is 23.7 Å². The predicted molar refractivity (Wildman–Crippen MR) is 262 cm³/mol. The van der Waals surface area contributed by atoms with E-state index in [0.29, 0.717) is 42.3 Å². The van der Waals surface area contributed by atoms with Gasteiger partial charge in [-0.25, -0.2) is 4.79 Å². The van der Waals surface area contributed by atoms with E-state index in [-0.39, 0.29) is 49.1 Å². The van der Waals surface area contributed by atoms with Crippen LogP contribution in [0.3, 0.4) is 0 Å². The van der Waals surface area contributed by atoms with E-state index in [1.807, 2.05) is 68.1 Å². The molecule has 362 valence electrons. The highest BCUT2D eigenvalue weighted by Gasteiger charge is 2.45. The first-order valence-electron chi connectivity index (χ1n) is 25.0. The number of para-hydroxylation sites is 1. The van der Waals surface area contributed by atoms with Crippen LogP contribution in [-0.2, 0) is 22.6 Å². The lowest BCUT2D eigenvalue weighted by molar-refractivity contribution is -0.142. The molecule has 15 nitrogen and oxygen atoms in total. The lowest BCUT2D eigenvalue weighted by Crippen LogP contribution is -2.61. The van der Waals surface area contributed by atoms with Gasteiger partial charge in [0.05, 0.1) is 11.8 Å². The Kier molecular flexibility index (Phi) is 14.1. The molecular weight excluding hydrogens is 857 g/mol. The van der Waals surface area contributed by atoms with E-state index in [2.05, 4.69) is 59.4 Å². The molecule has 6 heterocycles. The fourth-order valence-corrected chi connectivity index (χ4v) is 11.8. The van der Waals surface area contributed by atoms with Crippen molar-refractivity contribution >= 4 is 28.9 Å². The predicted octanol–water partition coefficient (Wildman–Crippen LogP) is 5.27. The van der Waals surface area contributed by atoms with Gasteiger partial charge in [-0.2, -0.15) is 0 Å². The molecule has 4 amide bonds. The molecule has 0 unspecified atom stereocenters. The number of H-pyrrole nitrogens is 1. The van der Waals surface area contributed by atoms with Gasteiger partial charge in [-0.3, -0.25) is 19.4 Å². The number of rotatable bonds is 10. The number of piperazine rings is 1. The lowest BCUT2D eigenvalue weighted by Gasteiger charge is -2.46. The molecule has 15 heteroatoms. The van der Waals surface area contributed by atoms with E-state index < -0.39 is 23.6 Å². The summed E-state index contributed by atoms with van der Waals surface area (Å²) in [7, 11) is 0. The number of β-amino-alcohol motifs (C(OH)–C–C–N with tert-alkyl or cyclic N) is 1. The third kappa shape index (κ3) is 10.2. The van der Waals surface area contributed by atoms with Crippen molar-refractivity contribution in [3.63, 3.8) is 0 Å². The van der Waals surface area contributed by atoms with E-state index in [1.54, 1.807) is 6.07 Å². The second kappa shape index (κ2) is 20.2. The number of piperidine rings is 1. The minimum absolute atomic E-state index is 0.0311. The summed E-state index contributed by atoms with van der Waals surface area (Å²) in [6.45, 7) is 15.5. The average molecular weight is 927 g/mol. The third-order valence-corrected chi connectivity index (χ3v) is 15.7. The van der Waals surface area contributed by atoms with Crippen LogP contribution < -0.4 is 10.6 Å². The average Bonchev–Trinajstić information content (AvgIpc) is 3.93. The number of likely N-dealkylation sites (tertiary alicyclic amines) is 2. The normalized spacial score (nSPS) is 24.9. The number of nitrogens with zero attached hydrogens (tertiary/aromatic N) is 7. The Labute approximate surface area is 401 Å². The second-order valence-corrected chi connectivity index (χ2v) is 21.1. The summed E-state index contributed by atoms with van der Waals surface area (Å²) in [4.78, 5) is 56.2. The first-order valence-corrected chi connectivity index (χ1v) is 25.0. The van der Waals surface area contributed by atoms with E-state index in [1.165, 1.54) is 54.7 Å². The van der Waals surface area contributed by atoms with Gasteiger partial charge in [-0.05, 0) is 111 Å². The summed E-state index contributed by atoms with van der Waals surface area (Å²) in [5.41, 5.74) is 5.78. The molecule has 1 saturated carbocycles. The van der Waals surface area contributed by atoms with Crippen LogP contribution in [0.4, 0.5) is 4.79 Å². The van der Waals surface area contributed by atoms with Crippen LogP contribution in [0.25, 0.3) is 22.3 Å². The molecule has 2 aromatic carbocycles. The lowest BCUT2D eigenvalue weighted by atomic mass is 9.85. The van der Waals surface area contributed by atoms with Crippen molar-refractivity contribution in [1.29, 1.82) is 0 Å². The Morgan fingerprint density at radius 3 is 2.31 bits per heavy atom. The number of aromatic nitrogens is 3. The number of nitrogens with one attached hydrogen (secondary N) is 3. The van der Waals surface area contributed by atoms with Gasteiger partial charge in [-0.15, -0.1) is 16.6 Å². The molecule has 5 aliphatic rings. The molecule has 5 N–H and O–H groups in total. The third-order valence-electron chi connectivity index (χ3n) is 15.7. The molecule has 0 radical (unpaired) electrons. The number of carbonyl (C=O) groups is 3. The Balaban J connectivity index is 0.712. The van der Waals surface area contributed by atoms with Crippen LogP contribution in [0.1, 0.15) is 101 Å². The summed E-state index contributed by atoms with van der Waals surface area (Å²) < 4.78 is 0. The van der Waals surface area contributed by atoms with E-state index in [9.17, 15) is 24.6 Å². The van der Waals surface area contributed by atoms with Crippen molar-refractivity contribution in [2.45, 2.75) is 122 Å². The number of urea groups is 1. The smallest absolute Gasteiger partial charge is 0.318 e. The highest BCUT2D eigenvalue weighted by molar-refractivity contribution is 5.93. The maximum atomic E-state index is 14.2. The first-order chi connectivity index (χ1) is 32.7. The monoisotopic (exact) mass is 927 g/mol. The number of benzene rings is 2. The second-order valence-electron chi connectivity index (χ2n) is 21.1. The van der Waals surface area contributed by atoms with Crippen molar-refractivity contribution in [2.75, 3.05) is 58.9 Å². The van der Waals surface area contributed by atoms with Crippen molar-refractivity contribution in [3.05, 3.63) is 77.0 Å². The molecule has 4 aromatic rings. The van der Waals surface area contributed by atoms with Crippen molar-refractivity contribution in [1.82, 2.24) is 50.3 Å². The zero-order valence-corrected chi connectivity index (χ0v) is 40.3. The maximum Gasteiger partial charge on any atom is 0.318 e. The molecule has 0 bridgehead atoms. The molecule has 0 spiro atoms. The number of hydrogen-bond donors (Lipinski definition) is 5. The van der Waals surface area contributed by atoms with Crippen LogP contribution in [0.5, 0.6) is 5.75 Å². The fraction of sp³-hybridized carbons (Fsp3) is 0.566. The Morgan fingerprint density at radius 1 is 0.912 bits per heavy atom. The molecule has 9 rings (SSSR count). The SMILES string of the molecule is C#Cc1ccc(CNC(=O)[C@@H]2C[C@@H](O)CN2C(=O)[C@@H](NC(=O)N2CCN(CC3CCN(C4CCC(N5CCc6[nH]c7nnc(-c8ccccc8O)cc7c6[C@H]5C)CC4)CC3)CC2)C(C)(C)C)cc1. The molecule has 4 aliphatic heterocycles. The quantitative estimate of drug-likeness (QED) is 0.132.